The minimum absolute atomic E-state index is 0.0715. The molecule has 0 aromatic carbocycles. The largest absolute Gasteiger partial charge is 0.472 e. The number of aromatic nitrogens is 3. The average molecular weight is 423 g/mol. The van der Waals surface area contributed by atoms with E-state index >= 15 is 0 Å². The second-order valence-corrected chi connectivity index (χ2v) is 10.1. The Bertz CT molecular complexity index is 981. The molecule has 0 saturated carbocycles. The van der Waals surface area contributed by atoms with Crippen molar-refractivity contribution in [2.45, 2.75) is 46.3 Å². The second kappa shape index (κ2) is 7.67. The van der Waals surface area contributed by atoms with Crippen LogP contribution in [0.1, 0.15) is 45.9 Å². The molecule has 0 bridgehead atoms. The standard InChI is InChI=1S/C18H26N5O5P/c1-17(2,3)10-27-29(24,25)26-8-12-7-18(4,9-19)15(28-12)13-5-6-14-16(20)21-11-22-23(13)14/h5-6,11-12,15H,7-8,10H2,1-4H3,(H,24,25)(H2,20,21,22). The van der Waals surface area contributed by atoms with Crippen LogP contribution in [-0.2, 0) is 18.3 Å². The molecular formula is C18H26N5O5P. The van der Waals surface area contributed by atoms with Gasteiger partial charge in [0.1, 0.15) is 17.9 Å². The summed E-state index contributed by atoms with van der Waals surface area (Å²) in [5, 5.41) is 14.0. The molecule has 4 atom stereocenters. The summed E-state index contributed by atoms with van der Waals surface area (Å²) < 4.78 is 29.9. The van der Waals surface area contributed by atoms with Crippen LogP contribution in [0.3, 0.4) is 0 Å². The zero-order valence-corrected chi connectivity index (χ0v) is 17.8. The molecule has 2 aromatic rings. The predicted octanol–water partition coefficient (Wildman–Crippen LogP) is 2.85. The molecule has 3 N–H and O–H groups in total. The first-order chi connectivity index (χ1) is 13.4. The van der Waals surface area contributed by atoms with Crippen molar-refractivity contribution in [2.24, 2.45) is 10.8 Å². The van der Waals surface area contributed by atoms with Crippen molar-refractivity contribution < 1.29 is 23.2 Å². The number of nitriles is 1. The molecule has 3 rings (SSSR count). The lowest BCUT2D eigenvalue weighted by molar-refractivity contribution is -0.00779. The maximum Gasteiger partial charge on any atom is 0.472 e. The van der Waals surface area contributed by atoms with E-state index in [0.717, 1.165) is 0 Å². The number of hydrogen-bond donors (Lipinski definition) is 2. The quantitative estimate of drug-likeness (QED) is 0.670. The van der Waals surface area contributed by atoms with Gasteiger partial charge >= 0.3 is 7.82 Å². The lowest BCUT2D eigenvalue weighted by Crippen LogP contribution is -2.20. The average Bonchev–Trinajstić information content (AvgIpc) is 3.20. The Morgan fingerprint density at radius 3 is 2.86 bits per heavy atom. The number of nitrogens with two attached hydrogens (primary N) is 1. The Morgan fingerprint density at radius 1 is 1.48 bits per heavy atom. The van der Waals surface area contributed by atoms with Gasteiger partial charge in [0, 0.05) is 0 Å². The van der Waals surface area contributed by atoms with Gasteiger partial charge in [0.15, 0.2) is 5.82 Å². The molecule has 1 aliphatic rings. The highest BCUT2D eigenvalue weighted by Crippen LogP contribution is 2.50. The molecule has 10 nitrogen and oxygen atoms in total. The van der Waals surface area contributed by atoms with Crippen molar-refractivity contribution in [3.05, 3.63) is 24.2 Å². The third-order valence-electron chi connectivity index (χ3n) is 4.68. The minimum Gasteiger partial charge on any atom is -0.382 e. The molecule has 0 aliphatic carbocycles. The summed E-state index contributed by atoms with van der Waals surface area (Å²) in [6.07, 6.45) is 0.473. The van der Waals surface area contributed by atoms with E-state index in [4.69, 9.17) is 19.5 Å². The number of anilines is 1. The highest BCUT2D eigenvalue weighted by Gasteiger charge is 2.48. The SMILES string of the molecule is CC(C)(C)COP(=O)(O)OCC1CC(C)(C#N)C(c2ccc3c(N)ncnn23)O1. The molecule has 4 unspecified atom stereocenters. The number of nitrogen functional groups attached to an aromatic ring is 1. The van der Waals surface area contributed by atoms with Gasteiger partial charge in [-0.2, -0.15) is 10.4 Å². The molecule has 1 saturated heterocycles. The van der Waals surface area contributed by atoms with Crippen LogP contribution < -0.4 is 5.73 Å². The van der Waals surface area contributed by atoms with Crippen LogP contribution in [0.5, 0.6) is 0 Å². The van der Waals surface area contributed by atoms with Crippen LogP contribution in [0, 0.1) is 22.2 Å². The van der Waals surface area contributed by atoms with E-state index < -0.39 is 25.4 Å². The van der Waals surface area contributed by atoms with Gasteiger partial charge < -0.3 is 15.4 Å². The Balaban J connectivity index is 1.74. The van der Waals surface area contributed by atoms with Crippen LogP contribution in [-0.4, -0.2) is 38.8 Å². The first-order valence-corrected chi connectivity index (χ1v) is 10.7. The van der Waals surface area contributed by atoms with Crippen molar-refractivity contribution >= 4 is 19.2 Å². The van der Waals surface area contributed by atoms with Crippen LogP contribution in [0.4, 0.5) is 5.82 Å². The van der Waals surface area contributed by atoms with Crippen molar-refractivity contribution in [3.63, 3.8) is 0 Å². The summed E-state index contributed by atoms with van der Waals surface area (Å²) in [5.74, 6) is 0.319. The fraction of sp³-hybridized carbons (Fsp3) is 0.611. The number of rotatable bonds is 6. The van der Waals surface area contributed by atoms with Crippen molar-refractivity contribution in [1.29, 1.82) is 5.26 Å². The van der Waals surface area contributed by atoms with Crippen molar-refractivity contribution in [3.8, 4) is 6.07 Å². The third-order valence-corrected chi connectivity index (χ3v) is 5.61. The summed E-state index contributed by atoms with van der Waals surface area (Å²) in [6, 6.07) is 5.85. The van der Waals surface area contributed by atoms with Gasteiger partial charge in [-0.1, -0.05) is 20.8 Å². The molecule has 1 fully saturated rings. The number of fused-ring (bicyclic) bond motifs is 1. The van der Waals surface area contributed by atoms with Crippen molar-refractivity contribution in [1.82, 2.24) is 14.6 Å². The Labute approximate surface area is 169 Å². The van der Waals surface area contributed by atoms with Gasteiger partial charge in [0.25, 0.3) is 0 Å². The Morgan fingerprint density at radius 2 is 2.21 bits per heavy atom. The number of hydrogen-bond acceptors (Lipinski definition) is 8. The first kappa shape index (κ1) is 21.7. The molecule has 158 valence electrons. The van der Waals surface area contributed by atoms with E-state index in [1.807, 2.05) is 20.8 Å². The summed E-state index contributed by atoms with van der Waals surface area (Å²) in [7, 11) is -4.22. The van der Waals surface area contributed by atoms with E-state index in [1.165, 1.54) is 6.33 Å². The monoisotopic (exact) mass is 423 g/mol. The van der Waals surface area contributed by atoms with E-state index in [9.17, 15) is 14.7 Å². The smallest absolute Gasteiger partial charge is 0.382 e. The lowest BCUT2D eigenvalue weighted by Gasteiger charge is -2.22. The van der Waals surface area contributed by atoms with Crippen LogP contribution >= 0.6 is 7.82 Å². The maximum absolute atomic E-state index is 12.1. The van der Waals surface area contributed by atoms with Gasteiger partial charge in [0.2, 0.25) is 0 Å². The van der Waals surface area contributed by atoms with Gasteiger partial charge in [-0.05, 0) is 30.9 Å². The summed E-state index contributed by atoms with van der Waals surface area (Å²) >= 11 is 0. The summed E-state index contributed by atoms with van der Waals surface area (Å²) in [6.45, 7) is 7.32. The van der Waals surface area contributed by atoms with E-state index in [2.05, 4.69) is 16.2 Å². The first-order valence-electron chi connectivity index (χ1n) is 9.21. The molecule has 29 heavy (non-hydrogen) atoms. The molecule has 11 heteroatoms. The van der Waals surface area contributed by atoms with Gasteiger partial charge in [0.05, 0.1) is 36.5 Å². The highest BCUT2D eigenvalue weighted by atomic mass is 31.2. The van der Waals surface area contributed by atoms with Crippen LogP contribution in [0.15, 0.2) is 18.5 Å². The van der Waals surface area contributed by atoms with E-state index in [1.54, 1.807) is 23.6 Å². The molecule has 3 heterocycles. The number of ether oxygens (including phenoxy) is 1. The fourth-order valence-corrected chi connectivity index (χ4v) is 4.21. The molecule has 0 amide bonds. The fourth-order valence-electron chi connectivity index (χ4n) is 3.23. The number of phosphoric acid groups is 1. The molecule has 0 radical (unpaired) electrons. The predicted molar refractivity (Wildman–Crippen MR) is 105 cm³/mol. The summed E-state index contributed by atoms with van der Waals surface area (Å²) in [4.78, 5) is 13.9. The molecular weight excluding hydrogens is 397 g/mol. The summed E-state index contributed by atoms with van der Waals surface area (Å²) in [5.41, 5.74) is 5.98. The van der Waals surface area contributed by atoms with E-state index in [-0.39, 0.29) is 18.6 Å². The minimum atomic E-state index is -4.22. The number of phosphoric ester groups is 1. The van der Waals surface area contributed by atoms with Crippen LogP contribution in [0.25, 0.3) is 5.52 Å². The topological polar surface area (TPSA) is 145 Å². The van der Waals surface area contributed by atoms with Gasteiger partial charge in [-0.15, -0.1) is 0 Å². The molecule has 1 aliphatic heterocycles. The molecule has 2 aromatic heterocycles. The zero-order chi connectivity index (χ0) is 21.4. The Hall–Kier alpha value is -2.02. The van der Waals surface area contributed by atoms with Crippen LogP contribution in [0.2, 0.25) is 0 Å². The van der Waals surface area contributed by atoms with E-state index in [0.29, 0.717) is 23.4 Å². The van der Waals surface area contributed by atoms with Gasteiger partial charge in [-0.25, -0.2) is 14.1 Å². The third kappa shape index (κ3) is 4.77. The second-order valence-electron chi connectivity index (χ2n) is 8.67. The maximum atomic E-state index is 12.1. The molecule has 0 spiro atoms. The number of nitrogens with zero attached hydrogens (tertiary/aromatic N) is 4. The Kier molecular flexibility index (Phi) is 5.73. The lowest BCUT2D eigenvalue weighted by atomic mass is 9.82. The van der Waals surface area contributed by atoms with Gasteiger partial charge in [-0.3, -0.25) is 9.05 Å². The zero-order valence-electron chi connectivity index (χ0n) is 16.9. The highest BCUT2D eigenvalue weighted by molar-refractivity contribution is 7.47. The normalized spacial score (nSPS) is 27.0. The van der Waals surface area contributed by atoms with Crippen molar-refractivity contribution in [2.75, 3.05) is 18.9 Å².